The van der Waals surface area contributed by atoms with E-state index in [1.54, 1.807) is 30.3 Å². The highest BCUT2D eigenvalue weighted by molar-refractivity contribution is 6.33. The number of nitrogens with zero attached hydrogens (tertiary/aromatic N) is 4. The second-order valence-electron chi connectivity index (χ2n) is 5.19. The van der Waals surface area contributed by atoms with Crippen LogP contribution in [0, 0.1) is 0 Å². The van der Waals surface area contributed by atoms with Gasteiger partial charge in [0.25, 0.3) is 11.4 Å². The molecule has 0 amide bonds. The van der Waals surface area contributed by atoms with Gasteiger partial charge in [-0.25, -0.2) is 4.98 Å². The minimum Gasteiger partial charge on any atom is -0.334 e. The molecule has 2 aromatic heterocycles. The van der Waals surface area contributed by atoms with Crippen LogP contribution in [0.3, 0.4) is 0 Å². The smallest absolute Gasteiger partial charge is 0.261 e. The summed E-state index contributed by atoms with van der Waals surface area (Å²) in [4.78, 5) is 21.1. The van der Waals surface area contributed by atoms with Crippen molar-refractivity contribution in [1.29, 1.82) is 0 Å². The van der Waals surface area contributed by atoms with E-state index in [4.69, 9.17) is 16.1 Å². The van der Waals surface area contributed by atoms with Crippen molar-refractivity contribution < 1.29 is 4.52 Å². The predicted octanol–water partition coefficient (Wildman–Crippen LogP) is 3.15. The Morgan fingerprint density at radius 2 is 1.88 bits per heavy atom. The van der Waals surface area contributed by atoms with E-state index in [0.717, 1.165) is 0 Å². The van der Waals surface area contributed by atoms with Crippen molar-refractivity contribution >= 4 is 22.5 Å². The Balaban J connectivity index is 1.69. The van der Waals surface area contributed by atoms with E-state index in [1.807, 2.05) is 18.2 Å². The number of benzene rings is 2. The monoisotopic (exact) mass is 338 g/mol. The standard InChI is InChI=1S/C17H11ClN4O2/c18-13-7-3-1-5-11(13)16-20-15(21-24-16)9-22-10-19-14-8-4-2-6-12(14)17(22)23/h1-8,10H,9H2. The van der Waals surface area contributed by atoms with Crippen molar-refractivity contribution in [3.63, 3.8) is 0 Å². The van der Waals surface area contributed by atoms with Crippen LogP contribution in [-0.2, 0) is 6.54 Å². The van der Waals surface area contributed by atoms with E-state index in [2.05, 4.69) is 15.1 Å². The molecule has 2 heterocycles. The Kier molecular flexibility index (Phi) is 3.59. The third kappa shape index (κ3) is 2.57. The summed E-state index contributed by atoms with van der Waals surface area (Å²) in [6, 6.07) is 14.4. The highest BCUT2D eigenvalue weighted by Gasteiger charge is 2.13. The van der Waals surface area contributed by atoms with Gasteiger partial charge in [0.15, 0.2) is 5.82 Å². The second kappa shape index (κ2) is 5.90. The van der Waals surface area contributed by atoms with Gasteiger partial charge in [0.2, 0.25) is 0 Å². The van der Waals surface area contributed by atoms with Gasteiger partial charge in [-0.15, -0.1) is 0 Å². The molecule has 0 saturated carbocycles. The van der Waals surface area contributed by atoms with Crippen LogP contribution in [0.1, 0.15) is 5.82 Å². The fourth-order valence-corrected chi connectivity index (χ4v) is 2.65. The third-order valence-corrected chi connectivity index (χ3v) is 3.95. The van der Waals surface area contributed by atoms with Crippen LogP contribution in [0.25, 0.3) is 22.4 Å². The summed E-state index contributed by atoms with van der Waals surface area (Å²) in [6.45, 7) is 0.171. The summed E-state index contributed by atoms with van der Waals surface area (Å²) in [7, 11) is 0. The number of para-hydroxylation sites is 1. The highest BCUT2D eigenvalue weighted by Crippen LogP contribution is 2.25. The fraction of sp³-hybridized carbons (Fsp3) is 0.0588. The number of hydrogen-bond donors (Lipinski definition) is 0. The number of halogens is 1. The van der Waals surface area contributed by atoms with Crippen molar-refractivity contribution in [1.82, 2.24) is 19.7 Å². The minimum atomic E-state index is -0.148. The zero-order valence-corrected chi connectivity index (χ0v) is 13.1. The second-order valence-corrected chi connectivity index (χ2v) is 5.60. The SMILES string of the molecule is O=c1c2ccccc2ncn1Cc1noc(-c2ccccc2Cl)n1. The van der Waals surface area contributed by atoms with Gasteiger partial charge in [0.1, 0.15) is 0 Å². The number of fused-ring (bicyclic) bond motifs is 1. The zero-order valence-electron chi connectivity index (χ0n) is 12.4. The van der Waals surface area contributed by atoms with Gasteiger partial charge >= 0.3 is 0 Å². The first kappa shape index (κ1) is 14.6. The first-order valence-electron chi connectivity index (χ1n) is 7.24. The molecule has 6 nitrogen and oxygen atoms in total. The van der Waals surface area contributed by atoms with Gasteiger partial charge in [-0.05, 0) is 24.3 Å². The average molecular weight is 339 g/mol. The van der Waals surface area contributed by atoms with Gasteiger partial charge in [0, 0.05) is 0 Å². The summed E-state index contributed by atoms with van der Waals surface area (Å²) < 4.78 is 6.70. The first-order valence-corrected chi connectivity index (χ1v) is 7.62. The molecular formula is C17H11ClN4O2. The molecule has 0 saturated heterocycles. The molecule has 118 valence electrons. The van der Waals surface area contributed by atoms with E-state index >= 15 is 0 Å². The lowest BCUT2D eigenvalue weighted by Gasteiger charge is -2.03. The lowest BCUT2D eigenvalue weighted by molar-refractivity contribution is 0.420. The van der Waals surface area contributed by atoms with Crippen LogP contribution in [0.5, 0.6) is 0 Å². The van der Waals surface area contributed by atoms with Crippen molar-refractivity contribution in [2.75, 3.05) is 0 Å². The van der Waals surface area contributed by atoms with Crippen LogP contribution in [0.2, 0.25) is 5.02 Å². The molecule has 4 aromatic rings. The quantitative estimate of drug-likeness (QED) is 0.573. The molecule has 7 heteroatoms. The van der Waals surface area contributed by atoms with E-state index < -0.39 is 0 Å². The Morgan fingerprint density at radius 1 is 1.08 bits per heavy atom. The van der Waals surface area contributed by atoms with Gasteiger partial charge in [0.05, 0.1) is 34.4 Å². The van der Waals surface area contributed by atoms with E-state index in [1.165, 1.54) is 10.9 Å². The highest BCUT2D eigenvalue weighted by atomic mass is 35.5. The molecule has 0 fully saturated rings. The molecule has 0 aliphatic heterocycles. The Morgan fingerprint density at radius 3 is 2.75 bits per heavy atom. The maximum absolute atomic E-state index is 12.5. The molecule has 2 aromatic carbocycles. The summed E-state index contributed by atoms with van der Waals surface area (Å²) in [6.07, 6.45) is 1.48. The largest absolute Gasteiger partial charge is 0.334 e. The molecule has 0 unspecified atom stereocenters. The van der Waals surface area contributed by atoms with Gasteiger partial charge in [-0.3, -0.25) is 9.36 Å². The van der Waals surface area contributed by atoms with Gasteiger partial charge < -0.3 is 4.52 Å². The molecule has 0 N–H and O–H groups in total. The van der Waals surface area contributed by atoms with Crippen LogP contribution < -0.4 is 5.56 Å². The fourth-order valence-electron chi connectivity index (χ4n) is 2.43. The molecular weight excluding hydrogens is 328 g/mol. The van der Waals surface area contributed by atoms with E-state index in [0.29, 0.717) is 33.2 Å². The first-order chi connectivity index (χ1) is 11.7. The van der Waals surface area contributed by atoms with Gasteiger partial charge in [-0.2, -0.15) is 4.98 Å². The third-order valence-electron chi connectivity index (χ3n) is 3.62. The molecule has 24 heavy (non-hydrogen) atoms. The zero-order chi connectivity index (χ0) is 16.5. The molecule has 0 radical (unpaired) electrons. The summed E-state index contributed by atoms with van der Waals surface area (Å²) in [5.74, 6) is 0.696. The van der Waals surface area contributed by atoms with Crippen molar-refractivity contribution in [3.05, 3.63) is 76.1 Å². The maximum Gasteiger partial charge on any atom is 0.261 e. The average Bonchev–Trinajstić information content (AvgIpc) is 3.06. The lowest BCUT2D eigenvalue weighted by Crippen LogP contribution is -2.21. The molecule has 4 rings (SSSR count). The summed E-state index contributed by atoms with van der Waals surface area (Å²) in [5, 5.41) is 4.99. The van der Waals surface area contributed by atoms with E-state index in [-0.39, 0.29) is 12.1 Å². The summed E-state index contributed by atoms with van der Waals surface area (Å²) in [5.41, 5.74) is 1.16. The van der Waals surface area contributed by atoms with Crippen molar-refractivity contribution in [2.45, 2.75) is 6.54 Å². The van der Waals surface area contributed by atoms with Crippen LogP contribution >= 0.6 is 11.6 Å². The number of aromatic nitrogens is 4. The van der Waals surface area contributed by atoms with Crippen molar-refractivity contribution in [2.24, 2.45) is 0 Å². The number of rotatable bonds is 3. The molecule has 0 aliphatic rings. The lowest BCUT2D eigenvalue weighted by atomic mass is 10.2. The Bertz CT molecular complexity index is 1090. The van der Waals surface area contributed by atoms with Gasteiger partial charge in [-0.1, -0.05) is 41.0 Å². The molecule has 0 atom stereocenters. The Labute approximate surface area is 141 Å². The Hall–Kier alpha value is -2.99. The van der Waals surface area contributed by atoms with E-state index in [9.17, 15) is 4.79 Å². The topological polar surface area (TPSA) is 73.8 Å². The summed E-state index contributed by atoms with van der Waals surface area (Å²) >= 11 is 6.13. The molecule has 0 aliphatic carbocycles. The van der Waals surface area contributed by atoms with Crippen molar-refractivity contribution in [3.8, 4) is 11.5 Å². The molecule has 0 spiro atoms. The minimum absolute atomic E-state index is 0.148. The molecule has 0 bridgehead atoms. The van der Waals surface area contributed by atoms with Crippen LogP contribution in [-0.4, -0.2) is 19.7 Å². The van der Waals surface area contributed by atoms with Crippen LogP contribution in [0.15, 0.2) is 64.2 Å². The van der Waals surface area contributed by atoms with Crippen LogP contribution in [0.4, 0.5) is 0 Å². The number of hydrogen-bond acceptors (Lipinski definition) is 5. The predicted molar refractivity (Wildman–Crippen MR) is 89.8 cm³/mol. The normalized spacial score (nSPS) is 11.0. The maximum atomic E-state index is 12.5.